The number of halogens is 1. The van der Waals surface area contributed by atoms with Gasteiger partial charge in [0.1, 0.15) is 0 Å². The second-order valence-corrected chi connectivity index (χ2v) is 9.35. The Hall–Kier alpha value is -3.85. The van der Waals surface area contributed by atoms with Crippen molar-refractivity contribution in [1.29, 1.82) is 0 Å². The van der Waals surface area contributed by atoms with E-state index in [4.69, 9.17) is 16.3 Å². The fraction of sp³-hybridized carbons (Fsp3) is 0.308. The lowest BCUT2D eigenvalue weighted by Gasteiger charge is -2.30. The van der Waals surface area contributed by atoms with E-state index < -0.39 is 0 Å². The van der Waals surface area contributed by atoms with Gasteiger partial charge in [-0.3, -0.25) is 14.7 Å². The molecular formula is C26H27ClN6O3. The molecule has 2 amide bonds. The molecule has 2 N–H and O–H groups in total. The van der Waals surface area contributed by atoms with E-state index in [2.05, 4.69) is 43.4 Å². The van der Waals surface area contributed by atoms with Gasteiger partial charge in [-0.2, -0.15) is 5.10 Å². The lowest BCUT2D eigenvalue weighted by atomic mass is 9.95. The van der Waals surface area contributed by atoms with Crippen molar-refractivity contribution >= 4 is 34.3 Å². The van der Waals surface area contributed by atoms with Crippen LogP contribution in [0.5, 0.6) is 5.88 Å². The molecule has 1 aliphatic rings. The molecule has 1 fully saturated rings. The number of para-hydroxylation sites is 1. The van der Waals surface area contributed by atoms with Crippen LogP contribution in [0.4, 0.5) is 0 Å². The summed E-state index contributed by atoms with van der Waals surface area (Å²) < 4.78 is 7.23. The molecule has 0 aliphatic carbocycles. The number of nitrogens with one attached hydrogen (secondary N) is 2. The number of carbonyl (C=O) groups is 2. The van der Waals surface area contributed by atoms with E-state index in [0.29, 0.717) is 60.3 Å². The van der Waals surface area contributed by atoms with Gasteiger partial charge in [0.25, 0.3) is 5.91 Å². The van der Waals surface area contributed by atoms with Gasteiger partial charge in [0.15, 0.2) is 5.69 Å². The summed E-state index contributed by atoms with van der Waals surface area (Å²) in [5.41, 5.74) is 3.79. The van der Waals surface area contributed by atoms with Crippen molar-refractivity contribution in [3.05, 3.63) is 65.1 Å². The van der Waals surface area contributed by atoms with E-state index in [1.54, 1.807) is 17.0 Å². The highest BCUT2D eigenvalue weighted by Crippen LogP contribution is 2.29. The van der Waals surface area contributed by atoms with Crippen molar-refractivity contribution in [1.82, 2.24) is 30.0 Å². The van der Waals surface area contributed by atoms with Crippen molar-refractivity contribution < 1.29 is 14.3 Å². The Morgan fingerprint density at radius 2 is 2.00 bits per heavy atom. The van der Waals surface area contributed by atoms with Gasteiger partial charge in [-0.05, 0) is 30.5 Å². The zero-order valence-electron chi connectivity index (χ0n) is 20.1. The van der Waals surface area contributed by atoms with Gasteiger partial charge in [-0.25, -0.2) is 4.98 Å². The number of hydrogen-bond donors (Lipinski definition) is 2. The Bertz CT molecular complexity index is 1420. The van der Waals surface area contributed by atoms with Crippen LogP contribution < -0.4 is 10.1 Å². The number of piperidine rings is 1. The van der Waals surface area contributed by atoms with Gasteiger partial charge in [-0.15, -0.1) is 0 Å². The summed E-state index contributed by atoms with van der Waals surface area (Å²) >= 11 is 6.27. The summed E-state index contributed by atoms with van der Waals surface area (Å²) in [6, 6.07) is 11.5. The molecule has 1 aliphatic heterocycles. The van der Waals surface area contributed by atoms with Crippen LogP contribution in [0.25, 0.3) is 22.2 Å². The van der Waals surface area contributed by atoms with Gasteiger partial charge in [0.2, 0.25) is 11.8 Å². The van der Waals surface area contributed by atoms with Crippen LogP contribution >= 0.6 is 11.6 Å². The van der Waals surface area contributed by atoms with E-state index in [0.717, 1.165) is 16.5 Å². The molecule has 186 valence electrons. The second kappa shape index (κ2) is 10.0. The SMILES string of the molecule is COc1cc(-c2cc(C(=O)N3CCC(C(=O)NCc4cn(C)c5ccccc45)CC3)n[nH]2)c(Cl)cn1. The number of aryl methyl sites for hydroxylation is 1. The zero-order chi connectivity index (χ0) is 25.2. The third kappa shape index (κ3) is 4.66. The normalized spacial score (nSPS) is 14.2. The number of amides is 2. The molecule has 9 nitrogen and oxygen atoms in total. The fourth-order valence-electron chi connectivity index (χ4n) is 4.71. The Kier molecular flexibility index (Phi) is 6.65. The maximum absolute atomic E-state index is 13.0. The predicted molar refractivity (Wildman–Crippen MR) is 137 cm³/mol. The molecule has 0 saturated carbocycles. The van der Waals surface area contributed by atoms with Gasteiger partial charge in [-0.1, -0.05) is 29.8 Å². The molecule has 4 aromatic rings. The van der Waals surface area contributed by atoms with Crippen LogP contribution in [-0.4, -0.2) is 56.7 Å². The molecule has 36 heavy (non-hydrogen) atoms. The third-order valence-corrected chi connectivity index (χ3v) is 7.01. The fourth-order valence-corrected chi connectivity index (χ4v) is 4.91. The molecular weight excluding hydrogens is 480 g/mol. The molecule has 3 aromatic heterocycles. The van der Waals surface area contributed by atoms with Crippen LogP contribution in [0.1, 0.15) is 28.9 Å². The summed E-state index contributed by atoms with van der Waals surface area (Å²) in [5.74, 6) is 0.141. The largest absolute Gasteiger partial charge is 0.481 e. The number of methoxy groups -OCH3 is 1. The highest BCUT2D eigenvalue weighted by Gasteiger charge is 2.29. The molecule has 0 unspecified atom stereocenters. The van der Waals surface area contributed by atoms with Gasteiger partial charge >= 0.3 is 0 Å². The molecule has 1 saturated heterocycles. The Morgan fingerprint density at radius 1 is 1.22 bits per heavy atom. The number of pyridine rings is 1. The summed E-state index contributed by atoms with van der Waals surface area (Å²) in [4.78, 5) is 31.7. The first-order chi connectivity index (χ1) is 17.4. The minimum absolute atomic E-state index is 0.0263. The predicted octanol–water partition coefficient (Wildman–Crippen LogP) is 3.79. The quantitative estimate of drug-likeness (QED) is 0.414. The van der Waals surface area contributed by atoms with E-state index in [1.807, 2.05) is 19.2 Å². The molecule has 10 heteroatoms. The first-order valence-corrected chi connectivity index (χ1v) is 12.2. The summed E-state index contributed by atoms with van der Waals surface area (Å²) in [5, 5.41) is 11.7. The minimum Gasteiger partial charge on any atom is -0.481 e. The number of aromatic nitrogens is 4. The van der Waals surface area contributed by atoms with E-state index in [-0.39, 0.29) is 17.7 Å². The number of carbonyl (C=O) groups excluding carboxylic acids is 2. The minimum atomic E-state index is -0.177. The second-order valence-electron chi connectivity index (χ2n) is 8.94. The number of likely N-dealkylation sites (tertiary alicyclic amines) is 1. The van der Waals surface area contributed by atoms with Crippen LogP contribution in [0.2, 0.25) is 5.02 Å². The van der Waals surface area contributed by atoms with E-state index in [9.17, 15) is 9.59 Å². The van der Waals surface area contributed by atoms with Gasteiger partial charge in [0.05, 0.1) is 24.0 Å². The summed E-state index contributed by atoms with van der Waals surface area (Å²) in [6.45, 7) is 1.48. The summed E-state index contributed by atoms with van der Waals surface area (Å²) in [7, 11) is 3.53. The number of hydrogen-bond acceptors (Lipinski definition) is 5. The number of H-pyrrole nitrogens is 1. The van der Waals surface area contributed by atoms with Gasteiger partial charge in [0, 0.05) is 61.3 Å². The molecule has 0 atom stereocenters. The Labute approximate surface area is 213 Å². The van der Waals surface area contributed by atoms with Crippen molar-refractivity contribution in [3.63, 3.8) is 0 Å². The highest BCUT2D eigenvalue weighted by molar-refractivity contribution is 6.33. The molecule has 5 rings (SSSR count). The van der Waals surface area contributed by atoms with Crippen molar-refractivity contribution in [3.8, 4) is 17.1 Å². The average Bonchev–Trinajstić information content (AvgIpc) is 3.52. The first kappa shape index (κ1) is 23.9. The van der Waals surface area contributed by atoms with Crippen molar-refractivity contribution in [2.24, 2.45) is 13.0 Å². The molecule has 0 spiro atoms. The Balaban J connectivity index is 1.17. The number of nitrogens with zero attached hydrogens (tertiary/aromatic N) is 4. The maximum Gasteiger partial charge on any atom is 0.274 e. The van der Waals surface area contributed by atoms with Crippen molar-refractivity contribution in [2.45, 2.75) is 19.4 Å². The monoisotopic (exact) mass is 506 g/mol. The Morgan fingerprint density at radius 3 is 2.78 bits per heavy atom. The number of aromatic amines is 1. The van der Waals surface area contributed by atoms with Crippen LogP contribution in [0, 0.1) is 5.92 Å². The highest BCUT2D eigenvalue weighted by atomic mass is 35.5. The summed E-state index contributed by atoms with van der Waals surface area (Å²) in [6.07, 6.45) is 4.77. The smallest absolute Gasteiger partial charge is 0.274 e. The topological polar surface area (TPSA) is 105 Å². The number of fused-ring (bicyclic) bond motifs is 1. The van der Waals surface area contributed by atoms with Gasteiger partial charge < -0.3 is 19.5 Å². The lowest BCUT2D eigenvalue weighted by molar-refractivity contribution is -0.126. The number of ether oxygens (including phenoxy) is 1. The van der Waals surface area contributed by atoms with E-state index >= 15 is 0 Å². The van der Waals surface area contributed by atoms with Crippen LogP contribution in [0.3, 0.4) is 0 Å². The molecule has 0 radical (unpaired) electrons. The molecule has 4 heterocycles. The zero-order valence-corrected chi connectivity index (χ0v) is 20.9. The first-order valence-electron chi connectivity index (χ1n) is 11.8. The number of benzene rings is 1. The molecule has 0 bridgehead atoms. The average molecular weight is 507 g/mol. The lowest BCUT2D eigenvalue weighted by Crippen LogP contribution is -2.43. The molecule has 1 aromatic carbocycles. The third-order valence-electron chi connectivity index (χ3n) is 6.71. The maximum atomic E-state index is 13.0. The number of rotatable bonds is 6. The van der Waals surface area contributed by atoms with Crippen molar-refractivity contribution in [2.75, 3.05) is 20.2 Å². The standard InChI is InChI=1S/C26H27ClN6O3/c1-32-15-17(18-5-3-4-6-23(18)32)13-29-25(34)16-7-9-33(10-8-16)26(35)22-12-21(30-31-22)19-11-24(36-2)28-14-20(19)27/h3-6,11-12,14-16H,7-10,13H2,1-2H3,(H,29,34)(H,30,31). The van der Waals surface area contributed by atoms with E-state index in [1.165, 1.54) is 13.3 Å². The van der Waals surface area contributed by atoms with Crippen LogP contribution in [-0.2, 0) is 18.4 Å². The van der Waals surface area contributed by atoms with Crippen LogP contribution in [0.15, 0.2) is 48.8 Å².